The van der Waals surface area contributed by atoms with Crippen molar-refractivity contribution in [1.29, 1.82) is 0 Å². The fourth-order valence-electron chi connectivity index (χ4n) is 2.18. The second kappa shape index (κ2) is 4.12. The highest BCUT2D eigenvalue weighted by Crippen LogP contribution is 2.32. The summed E-state index contributed by atoms with van der Waals surface area (Å²) in [5, 5.41) is 0. The van der Waals surface area contributed by atoms with Crippen LogP contribution in [-0.2, 0) is 14.3 Å². The molecule has 1 amide bonds. The zero-order chi connectivity index (χ0) is 11.7. The first-order chi connectivity index (χ1) is 7.63. The third-order valence-corrected chi connectivity index (χ3v) is 3.16. The van der Waals surface area contributed by atoms with E-state index in [1.165, 1.54) is 7.11 Å². The van der Waals surface area contributed by atoms with Crippen molar-refractivity contribution >= 4 is 11.9 Å². The van der Waals surface area contributed by atoms with Gasteiger partial charge in [0.1, 0.15) is 0 Å². The Bertz CT molecular complexity index is 384. The molecule has 4 heteroatoms. The molecule has 0 aromatic carbocycles. The number of nitrogens with zero attached hydrogens (tertiary/aromatic N) is 1. The van der Waals surface area contributed by atoms with Gasteiger partial charge < -0.3 is 9.64 Å². The Balaban J connectivity index is 1.99. The Morgan fingerprint density at radius 3 is 2.94 bits per heavy atom. The molecule has 0 radical (unpaired) electrons. The van der Waals surface area contributed by atoms with E-state index in [-0.39, 0.29) is 23.8 Å². The molecule has 0 saturated carbocycles. The van der Waals surface area contributed by atoms with Crippen LogP contribution in [0.5, 0.6) is 0 Å². The van der Waals surface area contributed by atoms with Crippen LogP contribution in [0.2, 0.25) is 0 Å². The summed E-state index contributed by atoms with van der Waals surface area (Å²) in [6.45, 7) is 2.19. The first kappa shape index (κ1) is 10.9. The summed E-state index contributed by atoms with van der Waals surface area (Å²) >= 11 is 0. The van der Waals surface area contributed by atoms with Crippen molar-refractivity contribution in [2.45, 2.75) is 19.4 Å². The second-order valence-corrected chi connectivity index (χ2v) is 4.16. The predicted octanol–water partition coefficient (Wildman–Crippen LogP) is 0.893. The Hall–Kier alpha value is -1.58. The van der Waals surface area contributed by atoms with Crippen LogP contribution in [0.15, 0.2) is 23.8 Å². The molecule has 2 bridgehead atoms. The van der Waals surface area contributed by atoms with Crippen LogP contribution in [0.4, 0.5) is 0 Å². The second-order valence-electron chi connectivity index (χ2n) is 4.16. The summed E-state index contributed by atoms with van der Waals surface area (Å²) in [7, 11) is 1.35. The van der Waals surface area contributed by atoms with Gasteiger partial charge in [0.25, 0.3) is 0 Å². The lowest BCUT2D eigenvalue weighted by Gasteiger charge is -2.22. The summed E-state index contributed by atoms with van der Waals surface area (Å²) in [4.78, 5) is 24.7. The van der Waals surface area contributed by atoms with Gasteiger partial charge in [0.2, 0.25) is 5.91 Å². The first-order valence-electron chi connectivity index (χ1n) is 5.37. The number of esters is 1. The lowest BCUT2D eigenvalue weighted by molar-refractivity contribution is -0.136. The van der Waals surface area contributed by atoms with E-state index < -0.39 is 0 Å². The third-order valence-electron chi connectivity index (χ3n) is 3.16. The molecule has 1 aliphatic heterocycles. The van der Waals surface area contributed by atoms with Crippen LogP contribution in [0.1, 0.15) is 13.3 Å². The van der Waals surface area contributed by atoms with Crippen molar-refractivity contribution in [3.63, 3.8) is 0 Å². The number of fused-ring (bicyclic) bond motifs is 2. The largest absolute Gasteiger partial charge is 0.466 e. The fraction of sp³-hybridized carbons (Fsp3) is 0.500. The quantitative estimate of drug-likeness (QED) is 0.404. The minimum Gasteiger partial charge on any atom is -0.466 e. The van der Waals surface area contributed by atoms with Crippen LogP contribution < -0.4 is 0 Å². The zero-order valence-corrected chi connectivity index (χ0v) is 9.47. The van der Waals surface area contributed by atoms with Crippen molar-refractivity contribution in [3.8, 4) is 0 Å². The molecule has 1 aliphatic carbocycles. The number of carbonyl (C=O) groups is 2. The van der Waals surface area contributed by atoms with Crippen molar-refractivity contribution in [2.24, 2.45) is 5.92 Å². The number of carbonyl (C=O) groups excluding carboxylic acids is 2. The molecular weight excluding hydrogens is 206 g/mol. The molecule has 86 valence electrons. The molecule has 0 spiro atoms. The number of hydrogen-bond donors (Lipinski definition) is 0. The van der Waals surface area contributed by atoms with E-state index >= 15 is 0 Å². The van der Waals surface area contributed by atoms with Gasteiger partial charge in [-0.1, -0.05) is 18.2 Å². The molecule has 4 nitrogen and oxygen atoms in total. The maximum atomic E-state index is 11.7. The molecule has 0 aromatic heterocycles. The minimum absolute atomic E-state index is 0.0665. The van der Waals surface area contributed by atoms with E-state index in [0.717, 1.165) is 6.42 Å². The maximum absolute atomic E-state index is 11.7. The maximum Gasteiger partial charge on any atom is 0.333 e. The van der Waals surface area contributed by atoms with Crippen LogP contribution >= 0.6 is 0 Å². The monoisotopic (exact) mass is 221 g/mol. The van der Waals surface area contributed by atoms with Crippen molar-refractivity contribution in [1.82, 2.24) is 4.90 Å². The predicted molar refractivity (Wildman–Crippen MR) is 58.5 cm³/mol. The third kappa shape index (κ3) is 1.75. The minimum atomic E-state index is -0.340. The molecule has 1 saturated heterocycles. The molecule has 2 unspecified atom stereocenters. The Morgan fingerprint density at radius 2 is 2.38 bits per heavy atom. The highest BCUT2D eigenvalue weighted by Gasteiger charge is 2.40. The Morgan fingerprint density at radius 1 is 1.62 bits per heavy atom. The summed E-state index contributed by atoms with van der Waals surface area (Å²) in [5.41, 5.74) is 0.544. The van der Waals surface area contributed by atoms with E-state index in [2.05, 4.69) is 10.8 Å². The van der Waals surface area contributed by atoms with Gasteiger partial charge >= 0.3 is 5.97 Å². The van der Waals surface area contributed by atoms with E-state index in [0.29, 0.717) is 12.1 Å². The first-order valence-corrected chi connectivity index (χ1v) is 5.37. The van der Waals surface area contributed by atoms with Gasteiger partial charge in [0, 0.05) is 12.1 Å². The van der Waals surface area contributed by atoms with Crippen molar-refractivity contribution in [3.05, 3.63) is 23.8 Å². The SMILES string of the molecule is COC(=O)C(C)=CCN1C(=O)C2C=CC1C2. The van der Waals surface area contributed by atoms with Gasteiger partial charge in [-0.05, 0) is 13.3 Å². The number of amides is 1. The average Bonchev–Trinajstić information content (AvgIpc) is 2.86. The number of hydrogen-bond acceptors (Lipinski definition) is 3. The van der Waals surface area contributed by atoms with Crippen molar-refractivity contribution in [2.75, 3.05) is 13.7 Å². The number of likely N-dealkylation sites (tertiary alicyclic amines) is 1. The van der Waals surface area contributed by atoms with E-state index in [4.69, 9.17) is 0 Å². The lowest BCUT2D eigenvalue weighted by atomic mass is 10.1. The van der Waals surface area contributed by atoms with E-state index in [9.17, 15) is 9.59 Å². The van der Waals surface area contributed by atoms with Crippen molar-refractivity contribution < 1.29 is 14.3 Å². The van der Waals surface area contributed by atoms with Gasteiger partial charge in [0.05, 0.1) is 19.1 Å². The molecule has 2 aliphatic rings. The fourth-order valence-corrected chi connectivity index (χ4v) is 2.18. The summed E-state index contributed by atoms with van der Waals surface area (Å²) in [6.07, 6.45) is 6.68. The highest BCUT2D eigenvalue weighted by atomic mass is 16.5. The van der Waals surface area contributed by atoms with Crippen LogP contribution in [0.25, 0.3) is 0 Å². The van der Waals surface area contributed by atoms with Gasteiger partial charge in [0.15, 0.2) is 0 Å². The smallest absolute Gasteiger partial charge is 0.333 e. The molecule has 1 fully saturated rings. The van der Waals surface area contributed by atoms with Crippen LogP contribution in [0, 0.1) is 5.92 Å². The molecular formula is C12H15NO3. The Kier molecular flexibility index (Phi) is 2.81. The van der Waals surface area contributed by atoms with E-state index in [1.807, 2.05) is 6.08 Å². The summed E-state index contributed by atoms with van der Waals surface area (Å²) in [5.74, 6) is -0.106. The molecule has 2 atom stereocenters. The van der Waals surface area contributed by atoms with E-state index in [1.54, 1.807) is 17.9 Å². The van der Waals surface area contributed by atoms with Gasteiger partial charge in [-0.15, -0.1) is 0 Å². The zero-order valence-electron chi connectivity index (χ0n) is 9.47. The molecule has 1 heterocycles. The standard InChI is InChI=1S/C12H15NO3/c1-8(12(15)16-2)5-6-13-10-4-3-9(7-10)11(13)14/h3-5,9-10H,6-7H2,1-2H3. The normalized spacial score (nSPS) is 27.8. The topological polar surface area (TPSA) is 46.6 Å². The molecule has 2 rings (SSSR count). The van der Waals surface area contributed by atoms with Crippen LogP contribution in [0.3, 0.4) is 0 Å². The summed E-state index contributed by atoms with van der Waals surface area (Å²) < 4.78 is 4.59. The molecule has 0 aromatic rings. The average molecular weight is 221 g/mol. The number of methoxy groups -OCH3 is 1. The van der Waals surface area contributed by atoms with Gasteiger partial charge in [-0.25, -0.2) is 4.79 Å². The van der Waals surface area contributed by atoms with Gasteiger partial charge in [-0.2, -0.15) is 0 Å². The molecule has 0 N–H and O–H groups in total. The van der Waals surface area contributed by atoms with Crippen LogP contribution in [-0.4, -0.2) is 36.5 Å². The number of rotatable bonds is 3. The number of ether oxygens (including phenoxy) is 1. The Labute approximate surface area is 94.6 Å². The lowest BCUT2D eigenvalue weighted by Crippen LogP contribution is -2.35. The van der Waals surface area contributed by atoms with Gasteiger partial charge in [-0.3, -0.25) is 4.79 Å². The highest BCUT2D eigenvalue weighted by molar-refractivity contribution is 5.88. The summed E-state index contributed by atoms with van der Waals surface area (Å²) in [6, 6.07) is 0.221. The molecule has 16 heavy (non-hydrogen) atoms.